The summed E-state index contributed by atoms with van der Waals surface area (Å²) in [7, 11) is 0. The Labute approximate surface area is 67.8 Å². The molecule has 0 aliphatic heterocycles. The van der Waals surface area contributed by atoms with E-state index in [1.807, 2.05) is 0 Å². The Bertz CT molecular complexity index is 125. The first kappa shape index (κ1) is 11.6. The van der Waals surface area contributed by atoms with Gasteiger partial charge in [0.05, 0.1) is 0 Å². The van der Waals surface area contributed by atoms with Crippen LogP contribution in [0.5, 0.6) is 0 Å². The molecule has 0 aliphatic rings. The van der Waals surface area contributed by atoms with Crippen molar-refractivity contribution in [3.8, 4) is 0 Å². The highest BCUT2D eigenvalue weighted by Gasteiger charge is 2.41. The summed E-state index contributed by atoms with van der Waals surface area (Å²) in [6.45, 7) is 1.40. The van der Waals surface area contributed by atoms with E-state index in [1.165, 1.54) is 0 Å². The van der Waals surface area contributed by atoms with Gasteiger partial charge in [-0.2, -0.15) is 0 Å². The fraction of sp³-hybridized carbons (Fsp3) is 0.857. The molecule has 0 aliphatic carbocycles. The van der Waals surface area contributed by atoms with Crippen LogP contribution < -0.4 is 0 Å². The summed E-state index contributed by atoms with van der Waals surface area (Å²) in [5, 5.41) is 0. The zero-order chi connectivity index (χ0) is 9.78. The summed E-state index contributed by atoms with van der Waals surface area (Å²) in [5.74, 6) is -3.81. The van der Waals surface area contributed by atoms with Crippen LogP contribution in [0.15, 0.2) is 0 Å². The second-order valence-corrected chi connectivity index (χ2v) is 2.47. The monoisotopic (exact) mass is 189 g/mol. The molecule has 0 aromatic heterocycles. The van der Waals surface area contributed by atoms with Crippen molar-refractivity contribution in [1.82, 2.24) is 0 Å². The fourth-order valence-electron chi connectivity index (χ4n) is 0.689. The lowest BCUT2D eigenvalue weighted by Crippen LogP contribution is -2.33. The van der Waals surface area contributed by atoms with Crippen molar-refractivity contribution >= 4 is 0 Å². The SMILES string of the molecule is [CH2]C[C@H](F)C(F)(F)CC(F)CF. The lowest BCUT2D eigenvalue weighted by Gasteiger charge is -2.20. The number of hydrogen-bond acceptors (Lipinski definition) is 0. The van der Waals surface area contributed by atoms with Crippen LogP contribution in [0.1, 0.15) is 12.8 Å². The highest BCUT2D eigenvalue weighted by atomic mass is 19.3. The molecule has 5 heteroatoms. The molecule has 12 heavy (non-hydrogen) atoms. The maximum Gasteiger partial charge on any atom is 0.281 e. The number of halogens is 5. The Kier molecular flexibility index (Phi) is 4.49. The minimum absolute atomic E-state index is 0.647. The largest absolute Gasteiger partial charge is 0.281 e. The molecule has 0 saturated heterocycles. The second-order valence-electron chi connectivity index (χ2n) is 2.47. The van der Waals surface area contributed by atoms with E-state index in [4.69, 9.17) is 0 Å². The van der Waals surface area contributed by atoms with Crippen LogP contribution >= 0.6 is 0 Å². The van der Waals surface area contributed by atoms with Gasteiger partial charge in [0, 0.05) is 6.42 Å². The highest BCUT2D eigenvalue weighted by molar-refractivity contribution is 4.80. The average molecular weight is 189 g/mol. The first-order chi connectivity index (χ1) is 5.44. The summed E-state index contributed by atoms with van der Waals surface area (Å²) in [6, 6.07) is 0. The molecule has 0 saturated carbocycles. The molecule has 0 spiro atoms. The standard InChI is InChI=1S/C7H10F5/c1-2-6(10)7(11,12)3-5(9)4-8/h5-6H,1-4H2/t5?,6-/m0/s1. The summed E-state index contributed by atoms with van der Waals surface area (Å²) in [4.78, 5) is 0. The van der Waals surface area contributed by atoms with Crippen molar-refractivity contribution in [3.63, 3.8) is 0 Å². The van der Waals surface area contributed by atoms with E-state index < -0.39 is 37.8 Å². The Morgan fingerprint density at radius 1 is 1.25 bits per heavy atom. The van der Waals surface area contributed by atoms with Crippen LogP contribution in [0.3, 0.4) is 0 Å². The van der Waals surface area contributed by atoms with E-state index in [-0.39, 0.29) is 0 Å². The summed E-state index contributed by atoms with van der Waals surface area (Å²) in [6.07, 6.45) is -6.86. The third kappa shape index (κ3) is 3.36. The van der Waals surface area contributed by atoms with Crippen molar-refractivity contribution in [2.75, 3.05) is 6.67 Å². The third-order valence-corrected chi connectivity index (χ3v) is 1.37. The van der Waals surface area contributed by atoms with Crippen LogP contribution in [0, 0.1) is 6.92 Å². The van der Waals surface area contributed by atoms with E-state index in [0.29, 0.717) is 0 Å². The third-order valence-electron chi connectivity index (χ3n) is 1.37. The molecular weight excluding hydrogens is 179 g/mol. The van der Waals surface area contributed by atoms with Gasteiger partial charge in [0.2, 0.25) is 0 Å². The first-order valence-corrected chi connectivity index (χ1v) is 3.45. The number of hydrogen-bond donors (Lipinski definition) is 0. The molecule has 0 bridgehead atoms. The van der Waals surface area contributed by atoms with Crippen molar-refractivity contribution in [3.05, 3.63) is 6.92 Å². The van der Waals surface area contributed by atoms with E-state index in [2.05, 4.69) is 6.92 Å². The van der Waals surface area contributed by atoms with Crippen LogP contribution in [0.2, 0.25) is 0 Å². The second kappa shape index (κ2) is 4.62. The van der Waals surface area contributed by atoms with Gasteiger partial charge in [0.15, 0.2) is 6.17 Å². The van der Waals surface area contributed by atoms with Gasteiger partial charge in [-0.3, -0.25) is 0 Å². The zero-order valence-corrected chi connectivity index (χ0v) is 6.37. The molecule has 2 atom stereocenters. The lowest BCUT2D eigenvalue weighted by molar-refractivity contribution is -0.0925. The molecule has 1 radical (unpaired) electrons. The minimum Gasteiger partial charge on any atom is -0.248 e. The van der Waals surface area contributed by atoms with Crippen molar-refractivity contribution in [2.24, 2.45) is 0 Å². The Morgan fingerprint density at radius 3 is 2.08 bits per heavy atom. The van der Waals surface area contributed by atoms with Gasteiger partial charge in [-0.05, 0) is 6.42 Å². The maximum absolute atomic E-state index is 12.4. The maximum atomic E-state index is 12.4. The molecule has 0 amide bonds. The van der Waals surface area contributed by atoms with E-state index in [1.54, 1.807) is 0 Å². The van der Waals surface area contributed by atoms with Gasteiger partial charge >= 0.3 is 0 Å². The average Bonchev–Trinajstić information content (AvgIpc) is 2.02. The summed E-state index contributed by atoms with van der Waals surface area (Å²) >= 11 is 0. The Morgan fingerprint density at radius 2 is 1.75 bits per heavy atom. The van der Waals surface area contributed by atoms with E-state index >= 15 is 0 Å². The van der Waals surface area contributed by atoms with Crippen LogP contribution in [-0.4, -0.2) is 24.9 Å². The summed E-state index contributed by atoms with van der Waals surface area (Å²) < 4.78 is 60.7. The van der Waals surface area contributed by atoms with Crippen molar-refractivity contribution in [1.29, 1.82) is 0 Å². The molecule has 73 valence electrons. The molecule has 1 unspecified atom stereocenters. The summed E-state index contributed by atoms with van der Waals surface area (Å²) in [5.41, 5.74) is 0. The quantitative estimate of drug-likeness (QED) is 0.583. The lowest BCUT2D eigenvalue weighted by atomic mass is 10.1. The molecule has 0 nitrogen and oxygen atoms in total. The number of alkyl halides is 5. The van der Waals surface area contributed by atoms with Gasteiger partial charge in [-0.25, -0.2) is 22.0 Å². The molecule has 0 aromatic carbocycles. The van der Waals surface area contributed by atoms with Gasteiger partial charge < -0.3 is 0 Å². The molecule has 0 fully saturated rings. The van der Waals surface area contributed by atoms with Crippen LogP contribution in [0.25, 0.3) is 0 Å². The van der Waals surface area contributed by atoms with Crippen LogP contribution in [0.4, 0.5) is 22.0 Å². The van der Waals surface area contributed by atoms with Crippen molar-refractivity contribution < 1.29 is 22.0 Å². The zero-order valence-electron chi connectivity index (χ0n) is 6.37. The van der Waals surface area contributed by atoms with E-state index in [9.17, 15) is 22.0 Å². The predicted molar refractivity (Wildman–Crippen MR) is 35.3 cm³/mol. The minimum atomic E-state index is -3.81. The van der Waals surface area contributed by atoms with Crippen molar-refractivity contribution in [2.45, 2.75) is 31.1 Å². The Hall–Kier alpha value is -0.350. The number of rotatable bonds is 5. The predicted octanol–water partition coefficient (Wildman–Crippen LogP) is 2.88. The normalized spacial score (nSPS) is 17.5. The molecular formula is C7H10F5. The van der Waals surface area contributed by atoms with Crippen LogP contribution in [-0.2, 0) is 0 Å². The van der Waals surface area contributed by atoms with Gasteiger partial charge in [0.25, 0.3) is 5.92 Å². The van der Waals surface area contributed by atoms with Gasteiger partial charge in [-0.15, -0.1) is 0 Å². The topological polar surface area (TPSA) is 0 Å². The molecule has 0 heterocycles. The van der Waals surface area contributed by atoms with Gasteiger partial charge in [-0.1, -0.05) is 6.92 Å². The molecule has 0 rings (SSSR count). The fourth-order valence-corrected chi connectivity index (χ4v) is 0.689. The first-order valence-electron chi connectivity index (χ1n) is 3.45. The van der Waals surface area contributed by atoms with Gasteiger partial charge in [0.1, 0.15) is 12.8 Å². The van der Waals surface area contributed by atoms with E-state index in [0.717, 1.165) is 0 Å². The molecule has 0 aromatic rings. The molecule has 0 N–H and O–H groups in total. The Balaban J connectivity index is 4.02. The smallest absolute Gasteiger partial charge is 0.248 e. The highest BCUT2D eigenvalue weighted by Crippen LogP contribution is 2.29.